The quantitative estimate of drug-likeness (QED) is 0.555. The summed E-state index contributed by atoms with van der Waals surface area (Å²) < 4.78 is 29.5. The number of benzene rings is 2. The molecule has 21 heavy (non-hydrogen) atoms. The molecule has 0 spiro atoms. The summed E-state index contributed by atoms with van der Waals surface area (Å²) in [5.41, 5.74) is 8.03. The fourth-order valence-corrected chi connectivity index (χ4v) is 2.67. The zero-order valence-corrected chi connectivity index (χ0v) is 12.8. The van der Waals surface area contributed by atoms with E-state index in [1.165, 1.54) is 6.07 Å². The lowest BCUT2D eigenvalue weighted by atomic mass is 10.2. The van der Waals surface area contributed by atoms with Gasteiger partial charge in [-0.15, -0.1) is 0 Å². The van der Waals surface area contributed by atoms with Crippen molar-refractivity contribution in [2.45, 2.75) is 13.3 Å². The minimum atomic E-state index is -0.637. The smallest absolute Gasteiger partial charge is 0.150 e. The number of nitrogens with two attached hydrogens (primary N) is 1. The average molecular weight is 352 g/mol. The molecule has 0 bridgehead atoms. The molecule has 3 rings (SSSR count). The molecule has 108 valence electrons. The number of aromatic nitrogens is 2. The lowest BCUT2D eigenvalue weighted by Gasteiger charge is -2.10. The fourth-order valence-electron chi connectivity index (χ4n) is 2.34. The van der Waals surface area contributed by atoms with E-state index in [0.29, 0.717) is 23.4 Å². The van der Waals surface area contributed by atoms with Crippen molar-refractivity contribution in [1.82, 2.24) is 9.55 Å². The molecule has 0 aliphatic rings. The first kappa shape index (κ1) is 14.0. The Morgan fingerprint density at radius 3 is 2.67 bits per heavy atom. The maximum atomic E-state index is 14.2. The van der Waals surface area contributed by atoms with Crippen LogP contribution in [0, 0.1) is 11.6 Å². The van der Waals surface area contributed by atoms with E-state index in [4.69, 9.17) is 5.73 Å². The molecular formula is C15H12BrF2N3. The zero-order valence-electron chi connectivity index (χ0n) is 11.2. The van der Waals surface area contributed by atoms with Crippen LogP contribution in [0.2, 0.25) is 0 Å². The number of hydrogen-bond acceptors (Lipinski definition) is 2. The van der Waals surface area contributed by atoms with Crippen molar-refractivity contribution >= 4 is 32.7 Å². The number of imidazole rings is 1. The van der Waals surface area contributed by atoms with Gasteiger partial charge >= 0.3 is 0 Å². The molecule has 0 atom stereocenters. The van der Waals surface area contributed by atoms with Gasteiger partial charge in [0, 0.05) is 18.2 Å². The molecule has 0 aliphatic carbocycles. The van der Waals surface area contributed by atoms with Gasteiger partial charge in [0.1, 0.15) is 17.5 Å². The van der Waals surface area contributed by atoms with Crippen molar-refractivity contribution in [2.24, 2.45) is 0 Å². The number of rotatable bonds is 2. The van der Waals surface area contributed by atoms with Crippen LogP contribution >= 0.6 is 15.9 Å². The van der Waals surface area contributed by atoms with Crippen molar-refractivity contribution in [1.29, 1.82) is 0 Å². The fraction of sp³-hybridized carbons (Fsp3) is 0.133. The number of anilines is 1. The third-order valence-electron chi connectivity index (χ3n) is 3.29. The van der Waals surface area contributed by atoms with Gasteiger partial charge in [-0.05, 0) is 40.2 Å². The normalized spacial score (nSPS) is 11.2. The van der Waals surface area contributed by atoms with Crippen LogP contribution in [0.3, 0.4) is 0 Å². The van der Waals surface area contributed by atoms with Crippen LogP contribution < -0.4 is 5.73 Å². The summed E-state index contributed by atoms with van der Waals surface area (Å²) in [6.07, 6.45) is 0.614. The second-order valence-electron chi connectivity index (χ2n) is 4.68. The highest BCUT2D eigenvalue weighted by Gasteiger charge is 2.16. The summed E-state index contributed by atoms with van der Waals surface area (Å²) in [5.74, 6) is -0.586. The molecule has 1 heterocycles. The van der Waals surface area contributed by atoms with Crippen LogP contribution in [0.15, 0.2) is 34.8 Å². The first-order chi connectivity index (χ1) is 10.0. The van der Waals surface area contributed by atoms with Gasteiger partial charge in [-0.1, -0.05) is 6.92 Å². The molecule has 0 saturated carbocycles. The van der Waals surface area contributed by atoms with E-state index in [1.807, 2.05) is 6.92 Å². The number of aryl methyl sites for hydroxylation is 1. The van der Waals surface area contributed by atoms with E-state index in [2.05, 4.69) is 20.9 Å². The third-order valence-corrected chi connectivity index (χ3v) is 3.90. The Kier molecular flexibility index (Phi) is 3.41. The van der Waals surface area contributed by atoms with Gasteiger partial charge in [-0.25, -0.2) is 13.8 Å². The highest BCUT2D eigenvalue weighted by Crippen LogP contribution is 2.28. The molecule has 3 aromatic rings. The largest absolute Gasteiger partial charge is 0.399 e. The molecular weight excluding hydrogens is 340 g/mol. The van der Waals surface area contributed by atoms with Crippen molar-refractivity contribution in [3.63, 3.8) is 0 Å². The van der Waals surface area contributed by atoms with Gasteiger partial charge in [-0.2, -0.15) is 0 Å². The van der Waals surface area contributed by atoms with Gasteiger partial charge in [0.05, 0.1) is 21.2 Å². The minimum absolute atomic E-state index is 0.207. The summed E-state index contributed by atoms with van der Waals surface area (Å²) in [5, 5.41) is 0. The Morgan fingerprint density at radius 2 is 1.95 bits per heavy atom. The molecule has 0 unspecified atom stereocenters. The number of hydrogen-bond donors (Lipinski definition) is 1. The van der Waals surface area contributed by atoms with Crippen LogP contribution in [-0.2, 0) is 6.42 Å². The van der Waals surface area contributed by atoms with Crippen LogP contribution in [-0.4, -0.2) is 9.55 Å². The number of nitrogen functional groups attached to an aromatic ring is 1. The number of nitrogens with zero attached hydrogens (tertiary/aromatic N) is 2. The highest BCUT2D eigenvalue weighted by molar-refractivity contribution is 9.10. The van der Waals surface area contributed by atoms with Gasteiger partial charge in [0.15, 0.2) is 0 Å². The van der Waals surface area contributed by atoms with Crippen LogP contribution in [0.25, 0.3) is 16.7 Å². The van der Waals surface area contributed by atoms with Crippen LogP contribution in [0.1, 0.15) is 12.7 Å². The second kappa shape index (κ2) is 5.11. The van der Waals surface area contributed by atoms with E-state index in [9.17, 15) is 8.78 Å². The Morgan fingerprint density at radius 1 is 1.19 bits per heavy atom. The Hall–Kier alpha value is -1.95. The molecule has 0 radical (unpaired) electrons. The first-order valence-electron chi connectivity index (χ1n) is 6.43. The molecule has 2 aromatic carbocycles. The highest BCUT2D eigenvalue weighted by atomic mass is 79.9. The molecule has 0 amide bonds. The summed E-state index contributed by atoms with van der Waals surface area (Å²) in [6.45, 7) is 1.93. The van der Waals surface area contributed by atoms with Crippen molar-refractivity contribution in [3.05, 3.63) is 52.3 Å². The van der Waals surface area contributed by atoms with Crippen LogP contribution in [0.5, 0.6) is 0 Å². The second-order valence-corrected chi connectivity index (χ2v) is 5.54. The summed E-state index contributed by atoms with van der Waals surface area (Å²) in [7, 11) is 0. The van der Waals surface area contributed by atoms with Crippen LogP contribution in [0.4, 0.5) is 14.5 Å². The Bertz CT molecular complexity index is 843. The third kappa shape index (κ3) is 2.29. The summed E-state index contributed by atoms with van der Waals surface area (Å²) in [4.78, 5) is 4.47. The summed E-state index contributed by atoms with van der Waals surface area (Å²) in [6, 6.07) is 7.54. The van der Waals surface area contributed by atoms with Gasteiger partial charge < -0.3 is 5.73 Å². The van der Waals surface area contributed by atoms with E-state index in [1.54, 1.807) is 22.8 Å². The van der Waals surface area contributed by atoms with Gasteiger partial charge in [0.2, 0.25) is 0 Å². The maximum Gasteiger partial charge on any atom is 0.150 e. The van der Waals surface area contributed by atoms with Crippen molar-refractivity contribution in [3.8, 4) is 5.69 Å². The SMILES string of the molecule is CCc1nc2cc(N)ccc2n1-c1cc(Br)c(F)cc1F. The zero-order chi connectivity index (χ0) is 15.1. The molecule has 2 N–H and O–H groups in total. The van der Waals surface area contributed by atoms with E-state index < -0.39 is 11.6 Å². The molecule has 1 aromatic heterocycles. The topological polar surface area (TPSA) is 43.8 Å². The molecule has 0 aliphatic heterocycles. The Labute approximate surface area is 128 Å². The van der Waals surface area contributed by atoms with Gasteiger partial charge in [-0.3, -0.25) is 4.57 Å². The monoisotopic (exact) mass is 351 g/mol. The number of fused-ring (bicyclic) bond motifs is 1. The lowest BCUT2D eigenvalue weighted by Crippen LogP contribution is -2.03. The van der Waals surface area contributed by atoms with Crippen molar-refractivity contribution < 1.29 is 8.78 Å². The predicted octanol–water partition coefficient (Wildman–Crippen LogP) is 4.21. The summed E-state index contributed by atoms with van der Waals surface area (Å²) >= 11 is 3.09. The molecule has 3 nitrogen and oxygen atoms in total. The average Bonchev–Trinajstić information content (AvgIpc) is 2.80. The van der Waals surface area contributed by atoms with E-state index in [0.717, 1.165) is 11.6 Å². The maximum absolute atomic E-state index is 14.2. The van der Waals surface area contributed by atoms with Crippen molar-refractivity contribution in [2.75, 3.05) is 5.73 Å². The van der Waals surface area contributed by atoms with E-state index >= 15 is 0 Å². The predicted molar refractivity (Wildman–Crippen MR) is 82.5 cm³/mol. The van der Waals surface area contributed by atoms with Gasteiger partial charge in [0.25, 0.3) is 0 Å². The molecule has 0 fully saturated rings. The Balaban J connectivity index is 2.36. The van der Waals surface area contributed by atoms with E-state index in [-0.39, 0.29) is 10.2 Å². The molecule has 0 saturated heterocycles. The lowest BCUT2D eigenvalue weighted by molar-refractivity contribution is 0.573. The first-order valence-corrected chi connectivity index (χ1v) is 7.22. The number of halogens is 3. The minimum Gasteiger partial charge on any atom is -0.399 e. The molecule has 6 heteroatoms. The standard InChI is InChI=1S/C15H12BrF2N3/c1-2-15-20-12-5-8(19)3-4-13(12)21(15)14-6-9(16)10(17)7-11(14)18/h3-7H,2,19H2,1H3.